The highest BCUT2D eigenvalue weighted by molar-refractivity contribution is 8.15. The summed E-state index contributed by atoms with van der Waals surface area (Å²) in [6.07, 6.45) is -1.82. The Kier molecular flexibility index (Phi) is 6.56. The number of halogens is 5. The molecule has 1 aromatic carbocycles. The van der Waals surface area contributed by atoms with E-state index in [9.17, 15) is 31.9 Å². The fraction of sp³-hybridized carbons (Fsp3) is 0.190. The van der Waals surface area contributed by atoms with Gasteiger partial charge in [-0.15, -0.1) is 0 Å². The second-order valence-corrected chi connectivity index (χ2v) is 8.67. The number of rotatable bonds is 4. The smallest absolute Gasteiger partial charge is 0.292 e. The molecule has 35 heavy (non-hydrogen) atoms. The SMILES string of the molecule is Cn1c(C(F)(F)F)cc(=O)n(-c2cc(/N=C3\SCC(=O)N3Cc3cccnc3)c(Cl)cc2F)c1=O. The molecule has 1 saturated heterocycles. The maximum atomic E-state index is 14.7. The summed E-state index contributed by atoms with van der Waals surface area (Å²) in [6.45, 7) is 0.156. The number of alkyl halides is 3. The zero-order valence-corrected chi connectivity index (χ0v) is 19.3. The van der Waals surface area contributed by atoms with Crippen LogP contribution in [0.5, 0.6) is 0 Å². The van der Waals surface area contributed by atoms with Crippen LogP contribution in [0.2, 0.25) is 5.02 Å². The average Bonchev–Trinajstić information content (AvgIpc) is 3.12. The Bertz CT molecular complexity index is 1470. The van der Waals surface area contributed by atoms with Crippen LogP contribution in [0.25, 0.3) is 5.69 Å². The molecule has 14 heteroatoms. The molecule has 0 unspecified atom stereocenters. The van der Waals surface area contributed by atoms with Gasteiger partial charge in [0.1, 0.15) is 11.5 Å². The van der Waals surface area contributed by atoms with Crippen LogP contribution in [0.1, 0.15) is 11.3 Å². The van der Waals surface area contributed by atoms with Crippen molar-refractivity contribution in [3.8, 4) is 5.69 Å². The Morgan fingerprint density at radius 3 is 2.60 bits per heavy atom. The highest BCUT2D eigenvalue weighted by Crippen LogP contribution is 2.33. The van der Waals surface area contributed by atoms with Crippen LogP contribution in [-0.4, -0.2) is 35.8 Å². The molecule has 3 heterocycles. The summed E-state index contributed by atoms with van der Waals surface area (Å²) in [5.41, 5.74) is -4.28. The number of amidine groups is 1. The third kappa shape index (κ3) is 4.86. The van der Waals surface area contributed by atoms with E-state index in [1.165, 1.54) is 4.90 Å². The van der Waals surface area contributed by atoms with E-state index in [2.05, 4.69) is 9.98 Å². The second-order valence-electron chi connectivity index (χ2n) is 7.32. The summed E-state index contributed by atoms with van der Waals surface area (Å²) in [5.74, 6) is -1.28. The predicted molar refractivity (Wildman–Crippen MR) is 122 cm³/mol. The van der Waals surface area contributed by atoms with Gasteiger partial charge in [-0.3, -0.25) is 24.0 Å². The van der Waals surface area contributed by atoms with Gasteiger partial charge in [-0.05, 0) is 23.8 Å². The molecular formula is C21H14ClF4N5O3S. The first kappa shape index (κ1) is 24.7. The quantitative estimate of drug-likeness (QED) is 0.485. The standard InChI is InChI=1S/C21H14ClF4N5O3S/c1-29-16(21(24,25)26)7-17(32)31(20(29)34)15-6-14(12(22)5-13(15)23)28-19-30(18(33)10-35-19)9-11-3-2-4-27-8-11/h2-8H,9-10H2,1H3/b28-19-. The molecule has 8 nitrogen and oxygen atoms in total. The van der Waals surface area contributed by atoms with Gasteiger partial charge in [-0.2, -0.15) is 13.2 Å². The summed E-state index contributed by atoms with van der Waals surface area (Å²) in [5, 5.41) is 0.0304. The van der Waals surface area contributed by atoms with Crippen molar-refractivity contribution in [3.05, 3.63) is 85.7 Å². The van der Waals surface area contributed by atoms with E-state index in [0.29, 0.717) is 0 Å². The number of nitrogens with zero attached hydrogens (tertiary/aromatic N) is 5. The first-order valence-electron chi connectivity index (χ1n) is 9.78. The van der Waals surface area contributed by atoms with Gasteiger partial charge in [0.2, 0.25) is 5.91 Å². The summed E-state index contributed by atoms with van der Waals surface area (Å²) >= 11 is 7.21. The number of hydrogen-bond acceptors (Lipinski definition) is 6. The zero-order valence-electron chi connectivity index (χ0n) is 17.7. The number of aromatic nitrogens is 3. The Labute approximate surface area is 203 Å². The molecule has 0 radical (unpaired) electrons. The van der Waals surface area contributed by atoms with Crippen LogP contribution < -0.4 is 11.2 Å². The number of benzene rings is 1. The Morgan fingerprint density at radius 1 is 1.20 bits per heavy atom. The Morgan fingerprint density at radius 2 is 1.94 bits per heavy atom. The molecule has 4 rings (SSSR count). The van der Waals surface area contributed by atoms with E-state index in [-0.39, 0.29) is 49.3 Å². The van der Waals surface area contributed by atoms with Gasteiger partial charge < -0.3 is 0 Å². The summed E-state index contributed by atoms with van der Waals surface area (Å²) in [7, 11) is 0.813. The third-order valence-corrected chi connectivity index (χ3v) is 6.27. The predicted octanol–water partition coefficient (Wildman–Crippen LogP) is 3.51. The van der Waals surface area contributed by atoms with Crippen LogP contribution in [0.15, 0.2) is 57.3 Å². The van der Waals surface area contributed by atoms with Gasteiger partial charge in [0, 0.05) is 25.5 Å². The molecule has 0 bridgehead atoms. The summed E-state index contributed by atoms with van der Waals surface area (Å²) < 4.78 is 54.6. The fourth-order valence-electron chi connectivity index (χ4n) is 3.32. The lowest BCUT2D eigenvalue weighted by Gasteiger charge is -2.17. The topological polar surface area (TPSA) is 89.6 Å². The number of carbonyl (C=O) groups is 1. The van der Waals surface area contributed by atoms with E-state index in [1.54, 1.807) is 24.5 Å². The fourth-order valence-corrected chi connectivity index (χ4v) is 4.40. The number of thioether (sulfide) groups is 1. The lowest BCUT2D eigenvalue weighted by molar-refractivity contribution is -0.144. The number of amides is 1. The van der Waals surface area contributed by atoms with Crippen molar-refractivity contribution in [2.24, 2.45) is 12.0 Å². The van der Waals surface area contributed by atoms with Gasteiger partial charge in [0.25, 0.3) is 5.56 Å². The van der Waals surface area contributed by atoms with Crippen molar-refractivity contribution >= 4 is 40.1 Å². The molecule has 0 spiro atoms. The molecule has 0 N–H and O–H groups in total. The summed E-state index contributed by atoms with van der Waals surface area (Å²) in [6, 6.07) is 5.41. The molecule has 3 aromatic rings. The number of carbonyl (C=O) groups excluding carboxylic acids is 1. The van der Waals surface area contributed by atoms with E-state index in [0.717, 1.165) is 36.5 Å². The zero-order chi connectivity index (χ0) is 25.5. The number of aliphatic imine (C=N–C) groups is 1. The van der Waals surface area contributed by atoms with E-state index < -0.39 is 34.6 Å². The van der Waals surface area contributed by atoms with Gasteiger partial charge in [0.05, 0.1) is 28.7 Å². The van der Waals surface area contributed by atoms with Crippen molar-refractivity contribution in [1.29, 1.82) is 0 Å². The molecule has 0 saturated carbocycles. The van der Waals surface area contributed by atoms with Gasteiger partial charge in [-0.25, -0.2) is 18.7 Å². The van der Waals surface area contributed by atoms with Crippen molar-refractivity contribution in [3.63, 3.8) is 0 Å². The van der Waals surface area contributed by atoms with Crippen LogP contribution in [0, 0.1) is 5.82 Å². The average molecular weight is 528 g/mol. The van der Waals surface area contributed by atoms with Gasteiger partial charge in [0.15, 0.2) is 5.17 Å². The Balaban J connectivity index is 1.81. The lowest BCUT2D eigenvalue weighted by Crippen LogP contribution is -2.41. The number of hydrogen-bond donors (Lipinski definition) is 0. The molecule has 0 atom stereocenters. The molecule has 2 aromatic heterocycles. The molecule has 0 aliphatic carbocycles. The first-order chi connectivity index (χ1) is 16.5. The lowest BCUT2D eigenvalue weighted by atomic mass is 10.2. The molecule has 1 aliphatic rings. The van der Waals surface area contributed by atoms with Crippen LogP contribution in [-0.2, 0) is 24.6 Å². The largest absolute Gasteiger partial charge is 0.431 e. The number of pyridine rings is 1. The monoisotopic (exact) mass is 527 g/mol. The highest BCUT2D eigenvalue weighted by atomic mass is 35.5. The highest BCUT2D eigenvalue weighted by Gasteiger charge is 2.35. The van der Waals surface area contributed by atoms with Crippen molar-refractivity contribution in [1.82, 2.24) is 19.0 Å². The molecular weight excluding hydrogens is 514 g/mol. The molecule has 1 fully saturated rings. The van der Waals surface area contributed by atoms with E-state index >= 15 is 0 Å². The molecule has 1 amide bonds. The first-order valence-corrected chi connectivity index (χ1v) is 11.1. The van der Waals surface area contributed by atoms with Crippen LogP contribution >= 0.6 is 23.4 Å². The third-order valence-electron chi connectivity index (χ3n) is 5.00. The Hall–Kier alpha value is -3.45. The molecule has 182 valence electrons. The maximum absolute atomic E-state index is 14.7. The summed E-state index contributed by atoms with van der Waals surface area (Å²) in [4.78, 5) is 47.0. The van der Waals surface area contributed by atoms with Gasteiger partial charge >= 0.3 is 11.9 Å². The second kappa shape index (κ2) is 9.30. The van der Waals surface area contributed by atoms with Crippen molar-refractivity contribution in [2.75, 3.05) is 5.75 Å². The van der Waals surface area contributed by atoms with Crippen molar-refractivity contribution in [2.45, 2.75) is 12.7 Å². The van der Waals surface area contributed by atoms with Crippen LogP contribution in [0.4, 0.5) is 23.2 Å². The van der Waals surface area contributed by atoms with Crippen molar-refractivity contribution < 1.29 is 22.4 Å². The molecule has 1 aliphatic heterocycles. The normalized spacial score (nSPS) is 15.3. The van der Waals surface area contributed by atoms with E-state index in [1.807, 2.05) is 0 Å². The minimum atomic E-state index is -4.97. The minimum Gasteiger partial charge on any atom is -0.292 e. The van der Waals surface area contributed by atoms with Crippen LogP contribution in [0.3, 0.4) is 0 Å². The van der Waals surface area contributed by atoms with Gasteiger partial charge in [-0.1, -0.05) is 29.4 Å². The maximum Gasteiger partial charge on any atom is 0.431 e. The minimum absolute atomic E-state index is 0.0870. The van der Waals surface area contributed by atoms with E-state index in [4.69, 9.17) is 11.6 Å².